The molecule has 0 saturated heterocycles. The smallest absolute Gasteiger partial charge is 0.122 e. The zero-order valence-corrected chi connectivity index (χ0v) is 9.99. The van der Waals surface area contributed by atoms with Crippen molar-refractivity contribution in [2.24, 2.45) is 0 Å². The summed E-state index contributed by atoms with van der Waals surface area (Å²) in [5.41, 5.74) is 1.21. The van der Waals surface area contributed by atoms with Crippen LogP contribution in [0.1, 0.15) is 18.9 Å². The molecule has 0 saturated carbocycles. The van der Waals surface area contributed by atoms with E-state index in [1.54, 1.807) is 0 Å². The molecule has 2 heteroatoms. The number of aryl methyl sites for hydroxylation is 1. The number of nitrogens with zero attached hydrogens (tertiary/aromatic N) is 1. The van der Waals surface area contributed by atoms with Crippen molar-refractivity contribution < 1.29 is 4.74 Å². The van der Waals surface area contributed by atoms with E-state index in [0.29, 0.717) is 0 Å². The van der Waals surface area contributed by atoms with Crippen molar-refractivity contribution in [2.45, 2.75) is 20.3 Å². The second-order valence-corrected chi connectivity index (χ2v) is 3.86. The Morgan fingerprint density at radius 2 is 2.00 bits per heavy atom. The first-order valence-corrected chi connectivity index (χ1v) is 5.61. The fraction of sp³-hybridized carbons (Fsp3) is 0.538. The number of para-hydroxylation sites is 1. The average molecular weight is 207 g/mol. The summed E-state index contributed by atoms with van der Waals surface area (Å²) in [7, 11) is 2.13. The van der Waals surface area contributed by atoms with Gasteiger partial charge in [0.2, 0.25) is 0 Å². The van der Waals surface area contributed by atoms with Crippen molar-refractivity contribution >= 4 is 0 Å². The molecule has 0 aliphatic rings. The Balaban J connectivity index is 2.23. The van der Waals surface area contributed by atoms with Crippen LogP contribution in [0.3, 0.4) is 0 Å². The van der Waals surface area contributed by atoms with E-state index in [9.17, 15) is 0 Å². The van der Waals surface area contributed by atoms with Gasteiger partial charge in [-0.25, -0.2) is 0 Å². The molecule has 0 N–H and O–H groups in total. The molecule has 0 fully saturated rings. The molecule has 84 valence electrons. The van der Waals surface area contributed by atoms with E-state index in [-0.39, 0.29) is 0 Å². The van der Waals surface area contributed by atoms with Crippen LogP contribution < -0.4 is 4.74 Å². The summed E-state index contributed by atoms with van der Waals surface area (Å²) in [5.74, 6) is 1.01. The first kappa shape index (κ1) is 12.1. The molecule has 2 nitrogen and oxygen atoms in total. The molecule has 0 amide bonds. The lowest BCUT2D eigenvalue weighted by Crippen LogP contribution is -2.20. The summed E-state index contributed by atoms with van der Waals surface area (Å²) < 4.78 is 5.71. The second-order valence-electron chi connectivity index (χ2n) is 3.86. The highest BCUT2D eigenvalue weighted by Gasteiger charge is 1.98. The molecule has 0 radical (unpaired) electrons. The lowest BCUT2D eigenvalue weighted by molar-refractivity contribution is 0.267. The molecule has 1 rings (SSSR count). The van der Waals surface area contributed by atoms with E-state index < -0.39 is 0 Å². The zero-order chi connectivity index (χ0) is 11.1. The minimum Gasteiger partial charge on any atom is -0.493 e. The summed E-state index contributed by atoms with van der Waals surface area (Å²) in [6, 6.07) is 8.15. The van der Waals surface area contributed by atoms with E-state index in [4.69, 9.17) is 4.74 Å². The van der Waals surface area contributed by atoms with Gasteiger partial charge in [-0.15, -0.1) is 0 Å². The van der Waals surface area contributed by atoms with Crippen molar-refractivity contribution in [3.05, 3.63) is 29.8 Å². The Kier molecular flexibility index (Phi) is 5.19. The van der Waals surface area contributed by atoms with Gasteiger partial charge in [-0.05, 0) is 38.6 Å². The van der Waals surface area contributed by atoms with E-state index in [0.717, 1.165) is 31.9 Å². The second kappa shape index (κ2) is 6.46. The van der Waals surface area contributed by atoms with Gasteiger partial charge >= 0.3 is 0 Å². The van der Waals surface area contributed by atoms with Gasteiger partial charge in [0.05, 0.1) is 6.61 Å². The third kappa shape index (κ3) is 4.34. The van der Waals surface area contributed by atoms with Crippen LogP contribution in [0, 0.1) is 6.92 Å². The molecule has 0 bridgehead atoms. The minimum atomic E-state index is 0.801. The van der Waals surface area contributed by atoms with E-state index in [2.05, 4.69) is 31.9 Å². The Morgan fingerprint density at radius 1 is 1.27 bits per heavy atom. The van der Waals surface area contributed by atoms with Crippen molar-refractivity contribution in [1.29, 1.82) is 0 Å². The van der Waals surface area contributed by atoms with Gasteiger partial charge in [0.25, 0.3) is 0 Å². The topological polar surface area (TPSA) is 12.5 Å². The molecule has 0 spiro atoms. The van der Waals surface area contributed by atoms with Gasteiger partial charge in [0, 0.05) is 6.54 Å². The molecule has 0 heterocycles. The third-order valence-electron chi connectivity index (χ3n) is 2.58. The van der Waals surface area contributed by atoms with Crippen LogP contribution in [0.25, 0.3) is 0 Å². The summed E-state index contributed by atoms with van der Waals surface area (Å²) in [5, 5.41) is 0. The lowest BCUT2D eigenvalue weighted by atomic mass is 10.2. The summed E-state index contributed by atoms with van der Waals surface area (Å²) in [6.07, 6.45) is 1.08. The maximum Gasteiger partial charge on any atom is 0.122 e. The molecule has 1 aromatic rings. The van der Waals surface area contributed by atoms with Gasteiger partial charge < -0.3 is 9.64 Å². The molecule has 15 heavy (non-hydrogen) atoms. The molecule has 0 atom stereocenters. The van der Waals surface area contributed by atoms with Crippen LogP contribution in [-0.2, 0) is 0 Å². The van der Waals surface area contributed by atoms with Crippen LogP contribution in [0.2, 0.25) is 0 Å². The lowest BCUT2D eigenvalue weighted by Gasteiger charge is -2.14. The first-order chi connectivity index (χ1) is 7.24. The Bertz CT molecular complexity index is 286. The predicted octanol–water partition coefficient (Wildman–Crippen LogP) is 2.72. The quantitative estimate of drug-likeness (QED) is 0.665. The molecular formula is C13H21NO. The van der Waals surface area contributed by atoms with Gasteiger partial charge in [0.1, 0.15) is 5.75 Å². The van der Waals surface area contributed by atoms with E-state index in [1.807, 2.05) is 18.2 Å². The van der Waals surface area contributed by atoms with Gasteiger partial charge in [0.15, 0.2) is 0 Å². The maximum atomic E-state index is 5.71. The average Bonchev–Trinajstić information content (AvgIpc) is 2.26. The van der Waals surface area contributed by atoms with Crippen LogP contribution >= 0.6 is 0 Å². The van der Waals surface area contributed by atoms with Crippen molar-refractivity contribution in [3.8, 4) is 5.75 Å². The molecule has 1 aromatic carbocycles. The number of hydrogen-bond acceptors (Lipinski definition) is 2. The van der Waals surface area contributed by atoms with Crippen LogP contribution in [0.15, 0.2) is 24.3 Å². The molecule has 0 aromatic heterocycles. The number of benzene rings is 1. The fourth-order valence-corrected chi connectivity index (χ4v) is 1.39. The number of ether oxygens (including phenoxy) is 1. The predicted molar refractivity (Wildman–Crippen MR) is 64.5 cm³/mol. The maximum absolute atomic E-state index is 5.71. The summed E-state index contributed by atoms with van der Waals surface area (Å²) in [6.45, 7) is 7.25. The number of rotatable bonds is 6. The third-order valence-corrected chi connectivity index (χ3v) is 2.58. The van der Waals surface area contributed by atoms with Crippen LogP contribution in [-0.4, -0.2) is 31.6 Å². The monoisotopic (exact) mass is 207 g/mol. The Hall–Kier alpha value is -1.02. The summed E-state index contributed by atoms with van der Waals surface area (Å²) >= 11 is 0. The Morgan fingerprint density at radius 3 is 2.67 bits per heavy atom. The number of hydrogen-bond donors (Lipinski definition) is 0. The highest BCUT2D eigenvalue weighted by atomic mass is 16.5. The fourth-order valence-electron chi connectivity index (χ4n) is 1.39. The van der Waals surface area contributed by atoms with E-state index >= 15 is 0 Å². The molecule has 0 unspecified atom stereocenters. The van der Waals surface area contributed by atoms with Gasteiger partial charge in [-0.1, -0.05) is 25.1 Å². The summed E-state index contributed by atoms with van der Waals surface area (Å²) in [4.78, 5) is 2.29. The Labute approximate surface area is 92.9 Å². The molecule has 0 aliphatic heterocycles. The van der Waals surface area contributed by atoms with Crippen molar-refractivity contribution in [2.75, 3.05) is 26.7 Å². The van der Waals surface area contributed by atoms with E-state index in [1.165, 1.54) is 5.56 Å². The first-order valence-electron chi connectivity index (χ1n) is 5.61. The minimum absolute atomic E-state index is 0.801. The molecular weight excluding hydrogens is 186 g/mol. The zero-order valence-electron chi connectivity index (χ0n) is 9.99. The van der Waals surface area contributed by atoms with Crippen molar-refractivity contribution in [3.63, 3.8) is 0 Å². The van der Waals surface area contributed by atoms with Crippen molar-refractivity contribution in [1.82, 2.24) is 4.90 Å². The van der Waals surface area contributed by atoms with Gasteiger partial charge in [-0.3, -0.25) is 0 Å². The normalized spacial score (nSPS) is 10.7. The highest BCUT2D eigenvalue weighted by molar-refractivity contribution is 5.31. The highest BCUT2D eigenvalue weighted by Crippen LogP contribution is 2.16. The van der Waals surface area contributed by atoms with Crippen LogP contribution in [0.5, 0.6) is 5.75 Å². The van der Waals surface area contributed by atoms with Gasteiger partial charge in [-0.2, -0.15) is 0 Å². The SMILES string of the molecule is CCN(C)CCCOc1ccccc1C. The standard InChI is InChI=1S/C13H21NO/c1-4-14(3)10-7-11-15-13-9-6-5-8-12(13)2/h5-6,8-9H,4,7,10-11H2,1-3H3. The largest absolute Gasteiger partial charge is 0.493 e. The van der Waals surface area contributed by atoms with Crippen LogP contribution in [0.4, 0.5) is 0 Å². The molecule has 0 aliphatic carbocycles.